The minimum absolute atomic E-state index is 0.228. The van der Waals surface area contributed by atoms with Gasteiger partial charge in [-0.1, -0.05) is 91.7 Å². The second kappa shape index (κ2) is 12.9. The molecule has 6 heteroatoms. The van der Waals surface area contributed by atoms with Crippen molar-refractivity contribution in [2.75, 3.05) is 6.54 Å². The third kappa shape index (κ3) is 7.52. The molecule has 3 aromatic carbocycles. The van der Waals surface area contributed by atoms with Crippen molar-refractivity contribution in [3.8, 4) is 0 Å². The fourth-order valence-electron chi connectivity index (χ4n) is 3.12. The summed E-state index contributed by atoms with van der Waals surface area (Å²) in [5.41, 5.74) is 1.55. The summed E-state index contributed by atoms with van der Waals surface area (Å²) in [6.07, 6.45) is 2.97. The van der Waals surface area contributed by atoms with Crippen molar-refractivity contribution < 1.29 is 9.59 Å². The van der Waals surface area contributed by atoms with Gasteiger partial charge in [0.05, 0.1) is 0 Å². The van der Waals surface area contributed by atoms with Crippen molar-refractivity contribution in [2.45, 2.75) is 31.1 Å². The zero-order valence-corrected chi connectivity index (χ0v) is 20.1. The lowest BCUT2D eigenvalue weighted by Gasteiger charge is -2.17. The number of carbonyl (C=O) groups excluding carboxylic acids is 2. The molecule has 33 heavy (non-hydrogen) atoms. The van der Waals surface area contributed by atoms with Crippen molar-refractivity contribution in [3.63, 3.8) is 0 Å². The maximum absolute atomic E-state index is 13.3. The van der Waals surface area contributed by atoms with Gasteiger partial charge in [0.25, 0.3) is 11.8 Å². The number of nitrogens with one attached hydrogen (secondary N) is 2. The van der Waals surface area contributed by atoms with Crippen LogP contribution in [0.4, 0.5) is 0 Å². The Bertz CT molecular complexity index is 1080. The molecule has 0 spiro atoms. The summed E-state index contributed by atoms with van der Waals surface area (Å²) in [6.45, 7) is 2.66. The molecule has 0 aliphatic heterocycles. The van der Waals surface area contributed by atoms with Crippen molar-refractivity contribution >= 4 is 40.1 Å². The van der Waals surface area contributed by atoms with Crippen LogP contribution < -0.4 is 10.6 Å². The van der Waals surface area contributed by atoms with Crippen molar-refractivity contribution in [1.29, 1.82) is 0 Å². The van der Waals surface area contributed by atoms with E-state index in [2.05, 4.69) is 17.6 Å². The van der Waals surface area contributed by atoms with E-state index in [0.29, 0.717) is 22.0 Å². The standard InChI is InChI=1S/C27H27ClN2O2S/c1-2-3-10-19-29-27(32)24(30-26(31)21-13-8-5-9-14-21)25(20-11-6-4-7-12-20)33-23-17-15-22(28)16-18-23/h4-9,11-18H,2-3,10,19H2,1H3,(H,29,32)(H,30,31)/b25-24+. The fraction of sp³-hybridized carbons (Fsp3) is 0.185. The number of hydrogen-bond acceptors (Lipinski definition) is 3. The molecular weight excluding hydrogens is 452 g/mol. The van der Waals surface area contributed by atoms with Gasteiger partial charge < -0.3 is 10.6 Å². The molecule has 0 atom stereocenters. The van der Waals surface area contributed by atoms with Gasteiger partial charge in [0.15, 0.2) is 0 Å². The van der Waals surface area contributed by atoms with Crippen LogP contribution in [0.3, 0.4) is 0 Å². The van der Waals surface area contributed by atoms with E-state index in [0.717, 1.165) is 29.7 Å². The molecule has 2 amide bonds. The Morgan fingerprint density at radius 3 is 2.03 bits per heavy atom. The molecule has 2 N–H and O–H groups in total. The molecule has 170 valence electrons. The van der Waals surface area contributed by atoms with Gasteiger partial charge in [-0.15, -0.1) is 0 Å². The smallest absolute Gasteiger partial charge is 0.269 e. The predicted molar refractivity (Wildman–Crippen MR) is 137 cm³/mol. The molecule has 0 aliphatic carbocycles. The van der Waals surface area contributed by atoms with E-state index < -0.39 is 0 Å². The molecule has 0 fully saturated rings. The third-order valence-corrected chi connectivity index (χ3v) is 6.27. The van der Waals surface area contributed by atoms with Gasteiger partial charge in [0.1, 0.15) is 5.70 Å². The molecule has 0 radical (unpaired) electrons. The number of benzene rings is 3. The zero-order chi connectivity index (χ0) is 23.5. The first-order valence-corrected chi connectivity index (χ1v) is 12.2. The molecule has 0 heterocycles. The molecule has 3 rings (SSSR count). The van der Waals surface area contributed by atoms with Gasteiger partial charge in [-0.25, -0.2) is 0 Å². The maximum Gasteiger partial charge on any atom is 0.269 e. The number of rotatable bonds is 10. The minimum Gasteiger partial charge on any atom is -0.351 e. The maximum atomic E-state index is 13.3. The number of thioether (sulfide) groups is 1. The van der Waals surface area contributed by atoms with Crippen molar-refractivity contribution in [3.05, 3.63) is 107 Å². The topological polar surface area (TPSA) is 58.2 Å². The van der Waals surface area contributed by atoms with Gasteiger partial charge in [0, 0.05) is 26.9 Å². The second-order valence-corrected chi connectivity index (χ2v) is 8.93. The molecule has 0 saturated heterocycles. The van der Waals surface area contributed by atoms with Crippen LogP contribution >= 0.6 is 23.4 Å². The third-order valence-electron chi connectivity index (χ3n) is 4.86. The van der Waals surface area contributed by atoms with E-state index in [1.807, 2.05) is 48.5 Å². The Labute approximate surface area is 204 Å². The van der Waals surface area contributed by atoms with Crippen LogP contribution in [0.15, 0.2) is 95.5 Å². The van der Waals surface area contributed by atoms with E-state index in [-0.39, 0.29) is 17.5 Å². The van der Waals surface area contributed by atoms with Gasteiger partial charge in [0.2, 0.25) is 0 Å². The Balaban J connectivity index is 2.02. The van der Waals surface area contributed by atoms with Crippen LogP contribution in [0.5, 0.6) is 0 Å². The van der Waals surface area contributed by atoms with Crippen LogP contribution in [0.2, 0.25) is 5.02 Å². The van der Waals surface area contributed by atoms with Crippen LogP contribution in [0.25, 0.3) is 4.91 Å². The van der Waals surface area contributed by atoms with E-state index in [1.54, 1.807) is 36.4 Å². The van der Waals surface area contributed by atoms with E-state index in [1.165, 1.54) is 11.8 Å². The van der Waals surface area contributed by atoms with Crippen LogP contribution in [-0.2, 0) is 4.79 Å². The normalized spacial score (nSPS) is 11.5. The number of halogens is 1. The molecule has 0 bridgehead atoms. The largest absolute Gasteiger partial charge is 0.351 e. The Kier molecular flexibility index (Phi) is 9.60. The Morgan fingerprint density at radius 2 is 1.42 bits per heavy atom. The highest BCUT2D eigenvalue weighted by Crippen LogP contribution is 2.36. The highest BCUT2D eigenvalue weighted by atomic mass is 35.5. The Morgan fingerprint density at radius 1 is 0.818 bits per heavy atom. The van der Waals surface area contributed by atoms with Gasteiger partial charge in [-0.3, -0.25) is 9.59 Å². The summed E-state index contributed by atoms with van der Waals surface area (Å²) >= 11 is 7.47. The molecule has 4 nitrogen and oxygen atoms in total. The minimum atomic E-state index is -0.334. The summed E-state index contributed by atoms with van der Waals surface area (Å²) in [5, 5.41) is 6.49. The van der Waals surface area contributed by atoms with Crippen molar-refractivity contribution in [1.82, 2.24) is 10.6 Å². The van der Waals surface area contributed by atoms with Crippen LogP contribution in [-0.4, -0.2) is 18.4 Å². The van der Waals surface area contributed by atoms with Gasteiger partial charge in [-0.05, 0) is 48.4 Å². The molecule has 3 aromatic rings. The molecule has 0 aliphatic rings. The zero-order valence-electron chi connectivity index (χ0n) is 18.5. The number of unbranched alkanes of at least 4 members (excludes halogenated alkanes) is 2. The summed E-state index contributed by atoms with van der Waals surface area (Å²) in [6, 6.07) is 25.9. The Hall–Kier alpha value is -3.02. The SMILES string of the molecule is CCCCCNC(=O)/C(NC(=O)c1ccccc1)=C(\Sc1ccc(Cl)cc1)c1ccccc1. The van der Waals surface area contributed by atoms with E-state index >= 15 is 0 Å². The first kappa shape index (κ1) is 24.6. The molecule has 0 unspecified atom stereocenters. The van der Waals surface area contributed by atoms with Crippen molar-refractivity contribution in [2.24, 2.45) is 0 Å². The highest BCUT2D eigenvalue weighted by Gasteiger charge is 2.21. The average Bonchev–Trinajstić information content (AvgIpc) is 2.86. The summed E-state index contributed by atoms with van der Waals surface area (Å²) < 4.78 is 0. The van der Waals surface area contributed by atoms with Crippen LogP contribution in [0, 0.1) is 0 Å². The average molecular weight is 479 g/mol. The summed E-state index contributed by atoms with van der Waals surface area (Å²) in [5.74, 6) is -0.643. The van der Waals surface area contributed by atoms with E-state index in [4.69, 9.17) is 11.6 Å². The lowest BCUT2D eigenvalue weighted by Crippen LogP contribution is -2.36. The quantitative estimate of drug-likeness (QED) is 0.197. The van der Waals surface area contributed by atoms with Gasteiger partial charge in [-0.2, -0.15) is 0 Å². The van der Waals surface area contributed by atoms with E-state index in [9.17, 15) is 9.59 Å². The number of carbonyl (C=O) groups is 2. The summed E-state index contributed by atoms with van der Waals surface area (Å²) in [4.78, 5) is 27.9. The lowest BCUT2D eigenvalue weighted by atomic mass is 10.1. The molecular formula is C27H27ClN2O2S. The number of hydrogen-bond donors (Lipinski definition) is 2. The number of amides is 2. The monoisotopic (exact) mass is 478 g/mol. The summed E-state index contributed by atoms with van der Waals surface area (Å²) in [7, 11) is 0. The first-order valence-electron chi connectivity index (χ1n) is 11.0. The fourth-order valence-corrected chi connectivity index (χ4v) is 4.26. The first-order chi connectivity index (χ1) is 16.1. The second-order valence-electron chi connectivity index (χ2n) is 7.41. The molecule has 0 aromatic heterocycles. The highest BCUT2D eigenvalue weighted by molar-refractivity contribution is 8.08. The predicted octanol–water partition coefficient (Wildman–Crippen LogP) is 6.54. The van der Waals surface area contributed by atoms with Crippen LogP contribution in [0.1, 0.15) is 42.1 Å². The molecule has 0 saturated carbocycles. The van der Waals surface area contributed by atoms with Gasteiger partial charge >= 0.3 is 0 Å². The lowest BCUT2D eigenvalue weighted by molar-refractivity contribution is -0.117.